The maximum Gasteiger partial charge on any atom is 0.255 e. The largest absolute Gasteiger partial charge is 0.333 e. The van der Waals surface area contributed by atoms with E-state index in [1.807, 2.05) is 4.90 Å². The van der Waals surface area contributed by atoms with Gasteiger partial charge in [-0.1, -0.05) is 20.8 Å². The normalized spacial score (nSPS) is 21.8. The SMILES string of the molecule is CCN(CC)S(=O)(=O)c1ccc2[nH]c(=O)cc(C(=O)N(C3CCC(C)CC3)C3CC3)c2c1. The zero-order valence-corrected chi connectivity index (χ0v) is 20.0. The molecule has 0 aliphatic heterocycles. The van der Waals surface area contributed by atoms with E-state index in [4.69, 9.17) is 0 Å². The van der Waals surface area contributed by atoms with E-state index in [2.05, 4.69) is 11.9 Å². The van der Waals surface area contributed by atoms with Crippen LogP contribution in [0.25, 0.3) is 10.9 Å². The average Bonchev–Trinajstić information content (AvgIpc) is 3.60. The monoisotopic (exact) mass is 459 g/mol. The summed E-state index contributed by atoms with van der Waals surface area (Å²) < 4.78 is 27.5. The van der Waals surface area contributed by atoms with Crippen LogP contribution in [0.5, 0.6) is 0 Å². The van der Waals surface area contributed by atoms with Gasteiger partial charge in [0, 0.05) is 42.1 Å². The fourth-order valence-corrected chi connectivity index (χ4v) is 6.41. The van der Waals surface area contributed by atoms with Crippen molar-refractivity contribution in [2.24, 2.45) is 5.92 Å². The minimum absolute atomic E-state index is 0.138. The van der Waals surface area contributed by atoms with Crippen molar-refractivity contribution in [2.45, 2.75) is 76.3 Å². The smallest absolute Gasteiger partial charge is 0.255 e. The highest BCUT2D eigenvalue weighted by atomic mass is 32.2. The highest BCUT2D eigenvalue weighted by Crippen LogP contribution is 2.37. The molecular weight excluding hydrogens is 426 g/mol. The number of pyridine rings is 1. The number of amides is 1. The Hall–Kier alpha value is -2.19. The molecule has 2 aliphatic carbocycles. The minimum Gasteiger partial charge on any atom is -0.333 e. The van der Waals surface area contributed by atoms with Crippen molar-refractivity contribution >= 4 is 26.8 Å². The molecule has 8 heteroatoms. The lowest BCUT2D eigenvalue weighted by molar-refractivity contribution is 0.0595. The van der Waals surface area contributed by atoms with Crippen LogP contribution in [0.2, 0.25) is 0 Å². The predicted octanol–water partition coefficient (Wildman–Crippen LogP) is 3.74. The molecule has 0 atom stereocenters. The van der Waals surface area contributed by atoms with Crippen LogP contribution in [-0.2, 0) is 10.0 Å². The zero-order valence-electron chi connectivity index (χ0n) is 19.1. The fourth-order valence-electron chi connectivity index (χ4n) is 4.93. The average molecular weight is 460 g/mol. The lowest BCUT2D eigenvalue weighted by atomic mass is 9.86. The third kappa shape index (κ3) is 4.35. The van der Waals surface area contributed by atoms with Crippen molar-refractivity contribution in [1.29, 1.82) is 0 Å². The Kier molecular flexibility index (Phi) is 6.45. The van der Waals surface area contributed by atoms with E-state index < -0.39 is 10.0 Å². The van der Waals surface area contributed by atoms with Crippen LogP contribution in [0.3, 0.4) is 0 Å². The molecule has 1 aromatic heterocycles. The number of rotatable bonds is 7. The minimum atomic E-state index is -3.68. The number of sulfonamides is 1. The van der Waals surface area contributed by atoms with Crippen molar-refractivity contribution in [3.05, 3.63) is 40.2 Å². The molecule has 0 saturated heterocycles. The molecule has 0 spiro atoms. The number of hydrogen-bond acceptors (Lipinski definition) is 4. The summed E-state index contributed by atoms with van der Waals surface area (Å²) in [4.78, 5) is 31.0. The molecule has 174 valence electrons. The van der Waals surface area contributed by atoms with Gasteiger partial charge in [-0.05, 0) is 62.6 Å². The third-order valence-electron chi connectivity index (χ3n) is 6.94. The van der Waals surface area contributed by atoms with E-state index >= 15 is 0 Å². The third-order valence-corrected chi connectivity index (χ3v) is 8.99. The molecule has 1 amide bonds. The summed E-state index contributed by atoms with van der Waals surface area (Å²) in [5.74, 6) is 0.524. The van der Waals surface area contributed by atoms with Crippen LogP contribution in [0.1, 0.15) is 69.7 Å². The van der Waals surface area contributed by atoms with Gasteiger partial charge in [0.25, 0.3) is 5.91 Å². The lowest BCUT2D eigenvalue weighted by Crippen LogP contribution is -2.44. The molecule has 0 unspecified atom stereocenters. The molecule has 1 heterocycles. The Bertz CT molecular complexity index is 1160. The molecule has 1 N–H and O–H groups in total. The van der Waals surface area contributed by atoms with Gasteiger partial charge in [0.2, 0.25) is 15.6 Å². The fraction of sp³-hybridized carbons (Fsp3) is 0.583. The van der Waals surface area contributed by atoms with E-state index in [9.17, 15) is 18.0 Å². The Morgan fingerprint density at radius 1 is 1.00 bits per heavy atom. The van der Waals surface area contributed by atoms with E-state index in [-0.39, 0.29) is 28.4 Å². The summed E-state index contributed by atoms with van der Waals surface area (Å²) >= 11 is 0. The molecule has 1 aromatic carbocycles. The molecule has 2 saturated carbocycles. The molecule has 2 aliphatic rings. The zero-order chi connectivity index (χ0) is 23.0. The maximum atomic E-state index is 13.8. The summed E-state index contributed by atoms with van der Waals surface area (Å²) in [5.41, 5.74) is 0.423. The predicted molar refractivity (Wildman–Crippen MR) is 125 cm³/mol. The second kappa shape index (κ2) is 8.98. The Morgan fingerprint density at radius 2 is 1.59 bits per heavy atom. The van der Waals surface area contributed by atoms with E-state index in [0.717, 1.165) is 38.5 Å². The number of carbonyl (C=O) groups excluding carboxylic acids is 1. The van der Waals surface area contributed by atoms with Crippen LogP contribution >= 0.6 is 0 Å². The van der Waals surface area contributed by atoms with Gasteiger partial charge < -0.3 is 9.88 Å². The van der Waals surface area contributed by atoms with Crippen LogP contribution in [0, 0.1) is 5.92 Å². The van der Waals surface area contributed by atoms with Gasteiger partial charge in [-0.2, -0.15) is 4.31 Å². The summed E-state index contributed by atoms with van der Waals surface area (Å²) in [6.45, 7) is 6.58. The van der Waals surface area contributed by atoms with Crippen LogP contribution < -0.4 is 5.56 Å². The topological polar surface area (TPSA) is 90.5 Å². The number of H-pyrrole nitrogens is 1. The second-order valence-corrected chi connectivity index (χ2v) is 11.1. The van der Waals surface area contributed by atoms with Gasteiger partial charge in [-0.15, -0.1) is 0 Å². The molecule has 2 fully saturated rings. The summed E-state index contributed by atoms with van der Waals surface area (Å²) in [6, 6.07) is 6.37. The van der Waals surface area contributed by atoms with Crippen molar-refractivity contribution in [1.82, 2.24) is 14.2 Å². The van der Waals surface area contributed by atoms with Crippen molar-refractivity contribution < 1.29 is 13.2 Å². The van der Waals surface area contributed by atoms with Crippen LogP contribution in [-0.4, -0.2) is 53.7 Å². The molecule has 0 bridgehead atoms. The molecular formula is C24H33N3O4S. The Morgan fingerprint density at radius 3 is 2.16 bits per heavy atom. The van der Waals surface area contributed by atoms with Crippen LogP contribution in [0.15, 0.2) is 34.0 Å². The van der Waals surface area contributed by atoms with Gasteiger partial charge in [0.15, 0.2) is 0 Å². The number of nitrogens with one attached hydrogen (secondary N) is 1. The van der Waals surface area contributed by atoms with E-state index in [0.29, 0.717) is 35.5 Å². The van der Waals surface area contributed by atoms with E-state index in [1.165, 1.54) is 16.4 Å². The van der Waals surface area contributed by atoms with Gasteiger partial charge in [-0.3, -0.25) is 9.59 Å². The summed E-state index contributed by atoms with van der Waals surface area (Å²) in [6.07, 6.45) is 6.13. The first-order chi connectivity index (χ1) is 15.3. The molecule has 2 aromatic rings. The number of hydrogen-bond donors (Lipinski definition) is 1. The number of aromatic amines is 1. The van der Waals surface area contributed by atoms with Gasteiger partial charge >= 0.3 is 0 Å². The molecule has 32 heavy (non-hydrogen) atoms. The summed E-state index contributed by atoms with van der Waals surface area (Å²) in [7, 11) is -3.68. The van der Waals surface area contributed by atoms with Crippen molar-refractivity contribution in [3.63, 3.8) is 0 Å². The number of fused-ring (bicyclic) bond motifs is 1. The molecule has 0 radical (unpaired) electrons. The first kappa shape index (κ1) is 23.0. The maximum absolute atomic E-state index is 13.8. The molecule has 7 nitrogen and oxygen atoms in total. The summed E-state index contributed by atoms with van der Waals surface area (Å²) in [5, 5.41) is 0.484. The number of aromatic nitrogens is 1. The first-order valence-electron chi connectivity index (χ1n) is 11.8. The number of nitrogens with zero attached hydrogens (tertiary/aromatic N) is 2. The quantitative estimate of drug-likeness (QED) is 0.683. The molecule has 4 rings (SSSR count). The second-order valence-electron chi connectivity index (χ2n) is 9.20. The highest BCUT2D eigenvalue weighted by molar-refractivity contribution is 7.89. The van der Waals surface area contributed by atoms with Crippen molar-refractivity contribution in [3.8, 4) is 0 Å². The van der Waals surface area contributed by atoms with Gasteiger partial charge in [-0.25, -0.2) is 8.42 Å². The highest BCUT2D eigenvalue weighted by Gasteiger charge is 2.39. The van der Waals surface area contributed by atoms with Crippen molar-refractivity contribution in [2.75, 3.05) is 13.1 Å². The first-order valence-corrected chi connectivity index (χ1v) is 13.2. The van der Waals surface area contributed by atoms with E-state index in [1.54, 1.807) is 26.0 Å². The lowest BCUT2D eigenvalue weighted by Gasteiger charge is -2.36. The Balaban J connectivity index is 1.79. The standard InChI is InChI=1S/C24H33N3O4S/c1-4-26(5-2)32(30,31)19-12-13-22-20(14-19)21(15-23(28)25-22)24(29)27(18-10-11-18)17-8-6-16(3)7-9-17/h12-18H,4-11H2,1-3H3,(H,25,28). The van der Waals surface area contributed by atoms with Crippen LogP contribution in [0.4, 0.5) is 0 Å². The van der Waals surface area contributed by atoms with Gasteiger partial charge in [0.05, 0.1) is 10.5 Å². The van der Waals surface area contributed by atoms with Gasteiger partial charge in [0.1, 0.15) is 0 Å². The number of carbonyl (C=O) groups is 1. The number of benzene rings is 1. The Labute approximate surface area is 189 Å².